The van der Waals surface area contributed by atoms with Gasteiger partial charge in [0.15, 0.2) is 0 Å². The zero-order valence-electron chi connectivity index (χ0n) is 13.2. The van der Waals surface area contributed by atoms with Crippen LogP contribution in [0.2, 0.25) is 0 Å². The zero-order chi connectivity index (χ0) is 16.1. The molecule has 0 aliphatic carbocycles. The molecule has 0 atom stereocenters. The van der Waals surface area contributed by atoms with Gasteiger partial charge >= 0.3 is 0 Å². The lowest BCUT2D eigenvalue weighted by Crippen LogP contribution is -2.36. The Kier molecular flexibility index (Phi) is 5.09. The van der Waals surface area contributed by atoms with Crippen molar-refractivity contribution in [3.8, 4) is 0 Å². The van der Waals surface area contributed by atoms with Crippen LogP contribution in [0.3, 0.4) is 0 Å². The molecule has 0 radical (unpaired) electrons. The molecule has 0 fully saturated rings. The third kappa shape index (κ3) is 3.61. The number of hydrogen-bond donors (Lipinski definition) is 0. The lowest BCUT2D eigenvalue weighted by molar-refractivity contribution is -0.119. The van der Waals surface area contributed by atoms with Crippen LogP contribution in [0.25, 0.3) is 0 Å². The van der Waals surface area contributed by atoms with E-state index in [0.29, 0.717) is 6.54 Å². The van der Waals surface area contributed by atoms with Crippen molar-refractivity contribution in [1.29, 1.82) is 0 Å². The van der Waals surface area contributed by atoms with Crippen LogP contribution >= 0.6 is 0 Å². The third-order valence-electron chi connectivity index (χ3n) is 3.48. The maximum Gasteiger partial charge on any atom is 0.254 e. The third-order valence-corrected chi connectivity index (χ3v) is 3.48. The molecule has 0 aliphatic rings. The first-order chi connectivity index (χ1) is 10.5. The molecule has 0 aliphatic heterocycles. The van der Waals surface area contributed by atoms with Crippen LogP contribution in [0.4, 0.5) is 5.69 Å². The first-order valence-corrected chi connectivity index (χ1v) is 7.44. The van der Waals surface area contributed by atoms with E-state index < -0.39 is 0 Å². The number of amides is 1. The average molecular weight is 299 g/mol. The number of carbonyl (C=O) groups is 1. The average Bonchev–Trinajstić information content (AvgIpc) is 2.51. The van der Waals surface area contributed by atoms with Gasteiger partial charge in [0, 0.05) is 18.3 Å². The number of likely N-dealkylation sites (N-methyl/N-ethyl adjacent to an activating group) is 1. The van der Waals surface area contributed by atoms with Crippen LogP contribution in [-0.4, -0.2) is 22.0 Å². The summed E-state index contributed by atoms with van der Waals surface area (Å²) < 4.78 is 1.35. The van der Waals surface area contributed by atoms with E-state index >= 15 is 0 Å². The molecule has 0 saturated carbocycles. The van der Waals surface area contributed by atoms with Crippen LogP contribution in [0.5, 0.6) is 0 Å². The molecule has 2 aromatic rings. The number of benzene rings is 1. The second-order valence-electron chi connectivity index (χ2n) is 5.41. The Labute approximate surface area is 130 Å². The Morgan fingerprint density at radius 2 is 1.95 bits per heavy atom. The number of carbonyl (C=O) groups excluding carboxylic acids is 1. The molecule has 0 bridgehead atoms. The zero-order valence-corrected chi connectivity index (χ0v) is 13.2. The Hall–Kier alpha value is -2.43. The highest BCUT2D eigenvalue weighted by molar-refractivity contribution is 5.93. The number of aromatic nitrogens is 2. The highest BCUT2D eigenvalue weighted by atomic mass is 16.2. The normalized spacial score (nSPS) is 10.7. The van der Waals surface area contributed by atoms with Crippen LogP contribution in [0, 0.1) is 0 Å². The molecule has 0 N–H and O–H groups in total. The molecule has 1 aromatic heterocycles. The van der Waals surface area contributed by atoms with Crippen molar-refractivity contribution in [1.82, 2.24) is 9.55 Å². The molecular weight excluding hydrogens is 278 g/mol. The molecular formula is C17H21N3O2. The number of anilines is 1. The predicted molar refractivity (Wildman–Crippen MR) is 87.1 cm³/mol. The van der Waals surface area contributed by atoms with Gasteiger partial charge in [-0.3, -0.25) is 14.2 Å². The van der Waals surface area contributed by atoms with Gasteiger partial charge in [-0.25, -0.2) is 4.98 Å². The van der Waals surface area contributed by atoms with Crippen molar-refractivity contribution < 1.29 is 4.79 Å². The highest BCUT2D eigenvalue weighted by Crippen LogP contribution is 2.13. The summed E-state index contributed by atoms with van der Waals surface area (Å²) >= 11 is 0. The van der Waals surface area contributed by atoms with Crippen LogP contribution in [-0.2, 0) is 11.3 Å². The van der Waals surface area contributed by atoms with E-state index in [-0.39, 0.29) is 23.9 Å². The van der Waals surface area contributed by atoms with E-state index in [4.69, 9.17) is 0 Å². The van der Waals surface area contributed by atoms with Gasteiger partial charge in [0.05, 0.1) is 12.0 Å². The molecule has 0 saturated heterocycles. The summed E-state index contributed by atoms with van der Waals surface area (Å²) in [4.78, 5) is 30.4. The van der Waals surface area contributed by atoms with Crippen molar-refractivity contribution in [2.24, 2.45) is 0 Å². The minimum atomic E-state index is -0.198. The number of para-hydroxylation sites is 1. The van der Waals surface area contributed by atoms with E-state index in [2.05, 4.69) is 4.98 Å². The summed E-state index contributed by atoms with van der Waals surface area (Å²) in [5.74, 6) is 0.0596. The lowest BCUT2D eigenvalue weighted by atomic mass is 10.1. The van der Waals surface area contributed by atoms with Gasteiger partial charge in [-0.05, 0) is 25.0 Å². The molecule has 1 aromatic carbocycles. The van der Waals surface area contributed by atoms with E-state index in [1.54, 1.807) is 4.90 Å². The van der Waals surface area contributed by atoms with Crippen LogP contribution in [0.15, 0.2) is 47.5 Å². The standard InChI is InChI=1S/C17H21N3O2/c1-4-20(14-8-6-5-7-9-14)17(22)11-19-12-18-15(13(2)3)10-16(19)21/h5-10,12-13H,4,11H2,1-3H3. The molecule has 1 heterocycles. The predicted octanol–water partition coefficient (Wildman–Crippen LogP) is 2.42. The van der Waals surface area contributed by atoms with Crippen LogP contribution in [0.1, 0.15) is 32.4 Å². The van der Waals surface area contributed by atoms with Crippen molar-refractivity contribution in [2.45, 2.75) is 33.2 Å². The molecule has 116 valence electrons. The first-order valence-electron chi connectivity index (χ1n) is 7.44. The van der Waals surface area contributed by atoms with E-state index in [1.165, 1.54) is 17.0 Å². The van der Waals surface area contributed by atoms with E-state index in [1.807, 2.05) is 51.1 Å². The molecule has 1 amide bonds. The Morgan fingerprint density at radius 3 is 2.50 bits per heavy atom. The number of rotatable bonds is 5. The van der Waals surface area contributed by atoms with E-state index in [9.17, 15) is 9.59 Å². The lowest BCUT2D eigenvalue weighted by Gasteiger charge is -2.21. The molecule has 0 spiro atoms. The maximum absolute atomic E-state index is 12.5. The summed E-state index contributed by atoms with van der Waals surface area (Å²) in [5, 5.41) is 0. The quantitative estimate of drug-likeness (QED) is 0.852. The molecule has 22 heavy (non-hydrogen) atoms. The van der Waals surface area contributed by atoms with Gasteiger partial charge in [0.1, 0.15) is 6.54 Å². The summed E-state index contributed by atoms with van der Waals surface area (Å²) in [7, 11) is 0. The van der Waals surface area contributed by atoms with E-state index in [0.717, 1.165) is 11.4 Å². The molecule has 5 heteroatoms. The fourth-order valence-electron chi connectivity index (χ4n) is 2.22. The first kappa shape index (κ1) is 15.9. The Bertz CT molecular complexity index is 693. The minimum absolute atomic E-state index is 0.00700. The summed E-state index contributed by atoms with van der Waals surface area (Å²) in [6.07, 6.45) is 1.45. The number of nitrogens with zero attached hydrogens (tertiary/aromatic N) is 3. The van der Waals surface area contributed by atoms with Crippen molar-refractivity contribution >= 4 is 11.6 Å². The minimum Gasteiger partial charge on any atom is -0.311 e. The number of hydrogen-bond acceptors (Lipinski definition) is 3. The Balaban J connectivity index is 2.19. The Morgan fingerprint density at radius 1 is 1.27 bits per heavy atom. The summed E-state index contributed by atoms with van der Waals surface area (Å²) in [5.41, 5.74) is 1.37. The summed E-state index contributed by atoms with van der Waals surface area (Å²) in [6, 6.07) is 10.9. The topological polar surface area (TPSA) is 55.2 Å². The smallest absolute Gasteiger partial charge is 0.254 e. The van der Waals surface area contributed by atoms with Crippen molar-refractivity contribution in [2.75, 3.05) is 11.4 Å². The highest BCUT2D eigenvalue weighted by Gasteiger charge is 2.15. The van der Waals surface area contributed by atoms with Gasteiger partial charge in [-0.1, -0.05) is 32.0 Å². The van der Waals surface area contributed by atoms with Crippen molar-refractivity contribution in [3.63, 3.8) is 0 Å². The second kappa shape index (κ2) is 7.02. The maximum atomic E-state index is 12.5. The fraction of sp³-hybridized carbons (Fsp3) is 0.353. The fourth-order valence-corrected chi connectivity index (χ4v) is 2.22. The second-order valence-corrected chi connectivity index (χ2v) is 5.41. The monoisotopic (exact) mass is 299 g/mol. The largest absolute Gasteiger partial charge is 0.311 e. The van der Waals surface area contributed by atoms with Gasteiger partial charge < -0.3 is 4.90 Å². The van der Waals surface area contributed by atoms with Crippen LogP contribution < -0.4 is 10.5 Å². The molecule has 5 nitrogen and oxygen atoms in total. The van der Waals surface area contributed by atoms with Crippen molar-refractivity contribution in [3.05, 3.63) is 58.8 Å². The van der Waals surface area contributed by atoms with Gasteiger partial charge in [0.2, 0.25) is 5.91 Å². The SMILES string of the molecule is CCN(C(=O)Cn1cnc(C(C)C)cc1=O)c1ccccc1. The molecule has 0 unspecified atom stereocenters. The van der Waals surface area contributed by atoms with Gasteiger partial charge in [0.25, 0.3) is 5.56 Å². The van der Waals surface area contributed by atoms with Gasteiger partial charge in [-0.2, -0.15) is 0 Å². The summed E-state index contributed by atoms with van der Waals surface area (Å²) in [6.45, 7) is 6.41. The van der Waals surface area contributed by atoms with Gasteiger partial charge in [-0.15, -0.1) is 0 Å². The molecule has 2 rings (SSSR count).